The Kier molecular flexibility index (Phi) is 6.84. The van der Waals surface area contributed by atoms with E-state index in [4.69, 9.17) is 4.74 Å². The average Bonchev–Trinajstić information content (AvgIpc) is 2.59. The van der Waals surface area contributed by atoms with Crippen molar-refractivity contribution in [2.24, 2.45) is 0 Å². The van der Waals surface area contributed by atoms with Gasteiger partial charge in [0.2, 0.25) is 15.9 Å². The number of sulfonamides is 1. The van der Waals surface area contributed by atoms with Crippen LogP contribution in [-0.2, 0) is 21.2 Å². The molecule has 0 spiro atoms. The van der Waals surface area contributed by atoms with E-state index in [9.17, 15) is 13.2 Å². The van der Waals surface area contributed by atoms with Crippen molar-refractivity contribution in [3.05, 3.63) is 23.8 Å². The monoisotopic (exact) mass is 368 g/mol. The van der Waals surface area contributed by atoms with E-state index >= 15 is 0 Å². The second kappa shape index (κ2) is 8.67. The maximum absolute atomic E-state index is 12.8. The molecule has 0 aromatic heterocycles. The van der Waals surface area contributed by atoms with Gasteiger partial charge >= 0.3 is 0 Å². The maximum Gasteiger partial charge on any atom is 0.243 e. The number of amides is 1. The number of nitrogens with one attached hydrogen (secondary N) is 1. The molecule has 0 saturated carbocycles. The summed E-state index contributed by atoms with van der Waals surface area (Å²) in [5.74, 6) is 0.552. The van der Waals surface area contributed by atoms with E-state index < -0.39 is 10.0 Å². The SMILES string of the molecule is COc1ccc(S(=O)(=O)N2CCCCC2)cc1CCC(=O)NC(C)C. The molecule has 0 atom stereocenters. The van der Waals surface area contributed by atoms with Gasteiger partial charge in [0.1, 0.15) is 5.75 Å². The zero-order chi connectivity index (χ0) is 18.4. The Balaban J connectivity index is 2.19. The normalized spacial score (nSPS) is 16.0. The summed E-state index contributed by atoms with van der Waals surface area (Å²) < 4.78 is 32.5. The van der Waals surface area contributed by atoms with Crippen LogP contribution in [0.4, 0.5) is 0 Å². The molecule has 1 saturated heterocycles. The molecule has 1 N–H and O–H groups in total. The van der Waals surface area contributed by atoms with Crippen molar-refractivity contribution in [1.82, 2.24) is 9.62 Å². The summed E-state index contributed by atoms with van der Waals surface area (Å²) in [5, 5.41) is 2.84. The average molecular weight is 368 g/mol. The fourth-order valence-electron chi connectivity index (χ4n) is 3.01. The van der Waals surface area contributed by atoms with E-state index in [1.807, 2.05) is 13.8 Å². The summed E-state index contributed by atoms with van der Waals surface area (Å²) in [4.78, 5) is 12.1. The van der Waals surface area contributed by atoms with Crippen molar-refractivity contribution < 1.29 is 17.9 Å². The largest absolute Gasteiger partial charge is 0.496 e. The van der Waals surface area contributed by atoms with Crippen LogP contribution in [0.5, 0.6) is 5.75 Å². The van der Waals surface area contributed by atoms with Crippen LogP contribution in [0.3, 0.4) is 0 Å². The molecule has 0 aliphatic carbocycles. The third-order valence-corrected chi connectivity index (χ3v) is 6.17. The van der Waals surface area contributed by atoms with Crippen LogP contribution in [-0.4, -0.2) is 44.9 Å². The lowest BCUT2D eigenvalue weighted by atomic mass is 10.1. The van der Waals surface area contributed by atoms with Crippen LogP contribution >= 0.6 is 0 Å². The second-order valence-electron chi connectivity index (χ2n) is 6.66. The zero-order valence-corrected chi connectivity index (χ0v) is 16.1. The summed E-state index contributed by atoms with van der Waals surface area (Å²) in [6.07, 6.45) is 3.60. The van der Waals surface area contributed by atoms with Crippen molar-refractivity contribution in [1.29, 1.82) is 0 Å². The van der Waals surface area contributed by atoms with Gasteiger partial charge < -0.3 is 10.1 Å². The van der Waals surface area contributed by atoms with E-state index in [1.54, 1.807) is 29.6 Å². The number of benzene rings is 1. The summed E-state index contributed by atoms with van der Waals surface area (Å²) >= 11 is 0. The minimum absolute atomic E-state index is 0.0543. The summed E-state index contributed by atoms with van der Waals surface area (Å²) in [7, 11) is -1.94. The van der Waals surface area contributed by atoms with Crippen LogP contribution in [0.25, 0.3) is 0 Å². The molecule has 140 valence electrons. The lowest BCUT2D eigenvalue weighted by molar-refractivity contribution is -0.121. The number of ether oxygens (including phenoxy) is 1. The molecule has 0 radical (unpaired) electrons. The molecule has 1 amide bonds. The molecular formula is C18H28N2O4S. The van der Waals surface area contributed by atoms with E-state index in [1.165, 1.54) is 0 Å². The molecule has 1 aromatic carbocycles. The second-order valence-corrected chi connectivity index (χ2v) is 8.60. The summed E-state index contributed by atoms with van der Waals surface area (Å²) in [6.45, 7) is 4.95. The molecule has 1 aromatic rings. The Labute approximate surface area is 150 Å². The highest BCUT2D eigenvalue weighted by Gasteiger charge is 2.26. The molecule has 1 aliphatic rings. The summed E-state index contributed by atoms with van der Waals surface area (Å²) in [6, 6.07) is 4.98. The standard InChI is InChI=1S/C18H28N2O4S/c1-14(2)19-18(21)10-7-15-13-16(8-9-17(15)24-3)25(22,23)20-11-5-4-6-12-20/h8-9,13-14H,4-7,10-12H2,1-3H3,(H,19,21). The predicted octanol–water partition coefficient (Wildman–Crippen LogP) is 2.33. The number of hydrogen-bond donors (Lipinski definition) is 1. The quantitative estimate of drug-likeness (QED) is 0.801. The number of rotatable bonds is 7. The molecule has 25 heavy (non-hydrogen) atoms. The first-order chi connectivity index (χ1) is 11.8. The molecule has 1 fully saturated rings. The van der Waals surface area contributed by atoms with Gasteiger partial charge in [-0.3, -0.25) is 4.79 Å². The van der Waals surface area contributed by atoms with Gasteiger partial charge in [-0.25, -0.2) is 8.42 Å². The molecule has 7 heteroatoms. The number of nitrogens with zero attached hydrogens (tertiary/aromatic N) is 1. The fraction of sp³-hybridized carbons (Fsp3) is 0.611. The number of hydrogen-bond acceptors (Lipinski definition) is 4. The lowest BCUT2D eigenvalue weighted by Gasteiger charge is -2.26. The Hall–Kier alpha value is -1.60. The first kappa shape index (κ1) is 19.7. The maximum atomic E-state index is 12.8. The van der Waals surface area contributed by atoms with Gasteiger partial charge in [0.15, 0.2) is 0 Å². The van der Waals surface area contributed by atoms with Crippen molar-refractivity contribution in [3.8, 4) is 5.75 Å². The highest BCUT2D eigenvalue weighted by atomic mass is 32.2. The predicted molar refractivity (Wildman–Crippen MR) is 97.2 cm³/mol. The Bertz CT molecular complexity index is 695. The first-order valence-electron chi connectivity index (χ1n) is 8.81. The number of piperidine rings is 1. The number of carbonyl (C=O) groups excluding carboxylic acids is 1. The van der Waals surface area contributed by atoms with Crippen molar-refractivity contribution in [2.75, 3.05) is 20.2 Å². The van der Waals surface area contributed by atoms with Gasteiger partial charge in [-0.2, -0.15) is 4.31 Å². The van der Waals surface area contributed by atoms with Crippen LogP contribution in [0, 0.1) is 0 Å². The van der Waals surface area contributed by atoms with Crippen LogP contribution in [0.2, 0.25) is 0 Å². The smallest absolute Gasteiger partial charge is 0.243 e. The van der Waals surface area contributed by atoms with Gasteiger partial charge in [-0.15, -0.1) is 0 Å². The highest BCUT2D eigenvalue weighted by Crippen LogP contribution is 2.27. The Morgan fingerprint density at radius 3 is 2.52 bits per heavy atom. The van der Waals surface area contributed by atoms with E-state index in [0.29, 0.717) is 31.7 Å². The first-order valence-corrected chi connectivity index (χ1v) is 10.2. The minimum Gasteiger partial charge on any atom is -0.496 e. The van der Waals surface area contributed by atoms with Crippen LogP contribution in [0.15, 0.2) is 23.1 Å². The molecule has 1 heterocycles. The van der Waals surface area contributed by atoms with Crippen molar-refractivity contribution >= 4 is 15.9 Å². The molecule has 2 rings (SSSR count). The minimum atomic E-state index is -3.49. The number of aryl methyl sites for hydroxylation is 1. The van der Waals surface area contributed by atoms with Crippen molar-refractivity contribution in [3.63, 3.8) is 0 Å². The van der Waals surface area contributed by atoms with Gasteiger partial charge in [0.05, 0.1) is 12.0 Å². The van der Waals surface area contributed by atoms with Gasteiger partial charge in [-0.1, -0.05) is 6.42 Å². The number of carbonyl (C=O) groups is 1. The third-order valence-electron chi connectivity index (χ3n) is 4.28. The lowest BCUT2D eigenvalue weighted by Crippen LogP contribution is -2.35. The molecule has 1 aliphatic heterocycles. The van der Waals surface area contributed by atoms with E-state index in [-0.39, 0.29) is 16.8 Å². The topological polar surface area (TPSA) is 75.7 Å². The summed E-state index contributed by atoms with van der Waals surface area (Å²) in [5.41, 5.74) is 0.736. The Morgan fingerprint density at radius 2 is 1.92 bits per heavy atom. The van der Waals surface area contributed by atoms with Gasteiger partial charge in [0.25, 0.3) is 0 Å². The van der Waals surface area contributed by atoms with Gasteiger partial charge in [-0.05, 0) is 56.9 Å². The van der Waals surface area contributed by atoms with Crippen LogP contribution in [0.1, 0.15) is 45.1 Å². The molecule has 0 unspecified atom stereocenters. The fourth-order valence-corrected chi connectivity index (χ4v) is 4.58. The van der Waals surface area contributed by atoms with Gasteiger partial charge in [0, 0.05) is 25.6 Å². The van der Waals surface area contributed by atoms with E-state index in [2.05, 4.69) is 5.32 Å². The van der Waals surface area contributed by atoms with Crippen molar-refractivity contribution in [2.45, 2.75) is 56.9 Å². The Morgan fingerprint density at radius 1 is 1.24 bits per heavy atom. The zero-order valence-electron chi connectivity index (χ0n) is 15.2. The molecular weight excluding hydrogens is 340 g/mol. The van der Waals surface area contributed by atoms with E-state index in [0.717, 1.165) is 24.8 Å². The third kappa shape index (κ3) is 5.19. The highest BCUT2D eigenvalue weighted by molar-refractivity contribution is 7.89. The molecule has 0 bridgehead atoms. The molecule has 6 nitrogen and oxygen atoms in total. The van der Waals surface area contributed by atoms with Crippen LogP contribution < -0.4 is 10.1 Å². The number of methoxy groups -OCH3 is 1.